The highest BCUT2D eigenvalue weighted by Crippen LogP contribution is 2.47. The summed E-state index contributed by atoms with van der Waals surface area (Å²) in [6.07, 6.45) is -4.42. The fourth-order valence-electron chi connectivity index (χ4n) is 2.43. The van der Waals surface area contributed by atoms with E-state index in [1.165, 1.54) is 12.1 Å². The number of ether oxygens (including phenoxy) is 2. The average molecular weight is 389 g/mol. The molecule has 0 N–H and O–H groups in total. The van der Waals surface area contributed by atoms with E-state index in [1.807, 2.05) is 32.0 Å². The lowest BCUT2D eigenvalue weighted by Crippen LogP contribution is -2.34. The first-order valence-corrected chi connectivity index (χ1v) is 8.11. The highest BCUT2D eigenvalue weighted by atomic mass is 35.5. The van der Waals surface area contributed by atoms with Gasteiger partial charge in [0, 0.05) is 0 Å². The summed E-state index contributed by atoms with van der Waals surface area (Å²) in [4.78, 5) is 0. The molecule has 0 fully saturated rings. The number of hydrogen-bond acceptors (Lipinski definition) is 2. The summed E-state index contributed by atoms with van der Waals surface area (Å²) in [6.45, 7) is 3.76. The minimum atomic E-state index is -4.54. The summed E-state index contributed by atoms with van der Waals surface area (Å²) in [5, 5.41) is 0.176. The first kappa shape index (κ1) is 18.0. The number of aryl methyl sites for hydroxylation is 2. The lowest BCUT2D eigenvalue weighted by atomic mass is 10.1. The van der Waals surface area contributed by atoms with Crippen molar-refractivity contribution in [1.29, 1.82) is 0 Å². The molecule has 2 nitrogen and oxygen atoms in total. The van der Waals surface area contributed by atoms with Gasteiger partial charge in [0.1, 0.15) is 11.5 Å². The molecule has 0 bridgehead atoms. The van der Waals surface area contributed by atoms with Crippen molar-refractivity contribution < 1.29 is 22.6 Å². The average Bonchev–Trinajstić information content (AvgIpc) is 2.53. The summed E-state index contributed by atoms with van der Waals surface area (Å²) >= 11 is 12.2. The van der Waals surface area contributed by atoms with Gasteiger partial charge in [0.05, 0.1) is 15.6 Å². The molecule has 25 heavy (non-hydrogen) atoms. The van der Waals surface area contributed by atoms with Gasteiger partial charge in [-0.15, -0.1) is 0 Å². The maximum Gasteiger partial charge on any atom is 0.429 e. The smallest absolute Gasteiger partial charge is 0.429 e. The molecule has 2 aromatic carbocycles. The summed E-state index contributed by atoms with van der Waals surface area (Å²) in [6, 6.07) is 6.94. The van der Waals surface area contributed by atoms with Crippen LogP contribution >= 0.6 is 23.2 Å². The molecular weight excluding hydrogens is 376 g/mol. The van der Waals surface area contributed by atoms with Gasteiger partial charge in [-0.3, -0.25) is 0 Å². The predicted octanol–water partition coefficient (Wildman–Crippen LogP) is 6.74. The first-order chi connectivity index (χ1) is 11.7. The predicted molar refractivity (Wildman–Crippen MR) is 92.0 cm³/mol. The SMILES string of the molecule is Cc1ccc(C)c(Oc2c(Cl)cc(Cl)c3c2C=CC(C(F)(F)F)O3)c1. The Morgan fingerprint density at radius 3 is 2.48 bits per heavy atom. The van der Waals surface area contributed by atoms with Crippen LogP contribution in [0.25, 0.3) is 6.08 Å². The van der Waals surface area contributed by atoms with Crippen LogP contribution < -0.4 is 9.47 Å². The van der Waals surface area contributed by atoms with Crippen LogP contribution in [0.1, 0.15) is 16.7 Å². The summed E-state index contributed by atoms with van der Waals surface area (Å²) in [5.41, 5.74) is 2.11. The Morgan fingerprint density at radius 1 is 1.08 bits per heavy atom. The van der Waals surface area contributed by atoms with E-state index < -0.39 is 12.3 Å². The fourth-order valence-corrected chi connectivity index (χ4v) is 2.99. The Bertz CT molecular complexity index is 860. The van der Waals surface area contributed by atoms with Crippen molar-refractivity contribution in [3.05, 3.63) is 57.1 Å². The molecule has 0 radical (unpaired) electrons. The minimum Gasteiger partial charge on any atom is -0.474 e. The van der Waals surface area contributed by atoms with Gasteiger partial charge in [-0.05, 0) is 49.3 Å². The van der Waals surface area contributed by atoms with Gasteiger partial charge in [-0.2, -0.15) is 13.2 Å². The zero-order valence-electron chi connectivity index (χ0n) is 13.2. The molecule has 1 aliphatic heterocycles. The van der Waals surface area contributed by atoms with Gasteiger partial charge >= 0.3 is 6.18 Å². The normalized spacial score (nSPS) is 16.4. The van der Waals surface area contributed by atoms with Crippen molar-refractivity contribution in [2.75, 3.05) is 0 Å². The van der Waals surface area contributed by atoms with Crippen LogP contribution in [0.4, 0.5) is 13.2 Å². The standard InChI is InChI=1S/C18H13Cl2F3O2/c1-9-3-4-10(2)14(7-9)24-16-11-5-6-15(18(21,22)23)25-17(11)13(20)8-12(16)19/h3-8,15H,1-2H3. The van der Waals surface area contributed by atoms with Crippen molar-refractivity contribution in [2.45, 2.75) is 26.1 Å². The third-order valence-electron chi connectivity index (χ3n) is 3.74. The molecule has 7 heteroatoms. The minimum absolute atomic E-state index is 0.00749. The second kappa shape index (κ2) is 6.46. The van der Waals surface area contributed by atoms with Crippen LogP contribution in [0.2, 0.25) is 10.0 Å². The van der Waals surface area contributed by atoms with Crippen molar-refractivity contribution >= 4 is 29.3 Å². The van der Waals surface area contributed by atoms with Crippen LogP contribution in [-0.2, 0) is 0 Å². The highest BCUT2D eigenvalue weighted by molar-refractivity contribution is 6.37. The van der Waals surface area contributed by atoms with E-state index in [1.54, 1.807) is 0 Å². The molecule has 1 heterocycles. The van der Waals surface area contributed by atoms with Crippen LogP contribution in [-0.4, -0.2) is 12.3 Å². The highest BCUT2D eigenvalue weighted by Gasteiger charge is 2.42. The monoisotopic (exact) mass is 388 g/mol. The zero-order chi connectivity index (χ0) is 18.4. The maximum absolute atomic E-state index is 12.9. The second-order valence-electron chi connectivity index (χ2n) is 5.72. The molecule has 0 spiro atoms. The number of alkyl halides is 3. The van der Waals surface area contributed by atoms with E-state index in [4.69, 9.17) is 32.7 Å². The van der Waals surface area contributed by atoms with Gasteiger partial charge in [-0.25, -0.2) is 0 Å². The number of hydrogen-bond donors (Lipinski definition) is 0. The van der Waals surface area contributed by atoms with Gasteiger partial charge < -0.3 is 9.47 Å². The molecule has 0 aromatic heterocycles. The van der Waals surface area contributed by atoms with Crippen molar-refractivity contribution in [1.82, 2.24) is 0 Å². The van der Waals surface area contributed by atoms with E-state index in [9.17, 15) is 13.2 Å². The molecule has 1 aliphatic rings. The third-order valence-corrected chi connectivity index (χ3v) is 4.30. The molecule has 132 valence electrons. The number of fused-ring (bicyclic) bond motifs is 1. The molecule has 0 saturated heterocycles. The summed E-state index contributed by atoms with van der Waals surface area (Å²) in [5.74, 6) is 0.653. The molecule has 0 saturated carbocycles. The van der Waals surface area contributed by atoms with E-state index in [0.29, 0.717) is 5.75 Å². The van der Waals surface area contributed by atoms with Crippen LogP contribution in [0.5, 0.6) is 17.2 Å². The molecule has 3 rings (SSSR count). The third kappa shape index (κ3) is 3.58. The number of rotatable bonds is 2. The Kier molecular flexibility index (Phi) is 4.64. The van der Waals surface area contributed by atoms with Gasteiger partial charge in [-0.1, -0.05) is 35.3 Å². The largest absolute Gasteiger partial charge is 0.474 e. The van der Waals surface area contributed by atoms with Crippen LogP contribution in [0.3, 0.4) is 0 Å². The van der Waals surface area contributed by atoms with Gasteiger partial charge in [0.2, 0.25) is 6.10 Å². The Morgan fingerprint density at radius 2 is 1.80 bits per heavy atom. The van der Waals surface area contributed by atoms with E-state index in [0.717, 1.165) is 17.2 Å². The maximum atomic E-state index is 12.9. The lowest BCUT2D eigenvalue weighted by molar-refractivity contribution is -0.180. The summed E-state index contributed by atoms with van der Waals surface area (Å²) < 4.78 is 49.7. The van der Waals surface area contributed by atoms with E-state index in [-0.39, 0.29) is 27.1 Å². The summed E-state index contributed by atoms with van der Waals surface area (Å²) in [7, 11) is 0. The molecule has 0 aliphatic carbocycles. The van der Waals surface area contributed by atoms with Crippen LogP contribution in [0, 0.1) is 13.8 Å². The topological polar surface area (TPSA) is 18.5 Å². The number of halogens is 5. The van der Waals surface area contributed by atoms with Gasteiger partial charge in [0.25, 0.3) is 0 Å². The lowest BCUT2D eigenvalue weighted by Gasteiger charge is -2.26. The van der Waals surface area contributed by atoms with E-state index >= 15 is 0 Å². The fraction of sp³-hybridized carbons (Fsp3) is 0.222. The quantitative estimate of drug-likeness (QED) is 0.566. The molecule has 1 unspecified atom stereocenters. The van der Waals surface area contributed by atoms with Crippen molar-refractivity contribution in [2.24, 2.45) is 0 Å². The van der Waals surface area contributed by atoms with Gasteiger partial charge in [0.15, 0.2) is 5.75 Å². The first-order valence-electron chi connectivity index (χ1n) is 7.35. The van der Waals surface area contributed by atoms with E-state index in [2.05, 4.69) is 0 Å². The van der Waals surface area contributed by atoms with Crippen molar-refractivity contribution in [3.63, 3.8) is 0 Å². The number of benzene rings is 2. The Labute approximate surface area is 152 Å². The Hall–Kier alpha value is -1.85. The van der Waals surface area contributed by atoms with Crippen LogP contribution in [0.15, 0.2) is 30.3 Å². The zero-order valence-corrected chi connectivity index (χ0v) is 14.8. The molecule has 1 atom stereocenters. The molecule has 2 aromatic rings. The Balaban J connectivity index is 2.07. The van der Waals surface area contributed by atoms with Crippen molar-refractivity contribution in [3.8, 4) is 17.2 Å². The molecular formula is C18H13Cl2F3O2. The second-order valence-corrected chi connectivity index (χ2v) is 6.54. The molecule has 0 amide bonds.